The lowest BCUT2D eigenvalue weighted by atomic mass is 9.97. The molecule has 0 unspecified atom stereocenters. The maximum absolute atomic E-state index is 6.08. The van der Waals surface area contributed by atoms with Gasteiger partial charge in [0.25, 0.3) is 0 Å². The molecule has 0 saturated carbocycles. The smallest absolute Gasteiger partial charge is 0.0297 e. The first kappa shape index (κ1) is 13.5. The molecule has 0 spiro atoms. The molecule has 1 atom stereocenters. The van der Waals surface area contributed by atoms with Crippen molar-refractivity contribution in [3.05, 3.63) is 34.9 Å². The second kappa shape index (κ2) is 6.05. The molecule has 0 saturated heterocycles. The highest BCUT2D eigenvalue weighted by Crippen LogP contribution is 2.20. The van der Waals surface area contributed by atoms with Crippen LogP contribution in [0.2, 0.25) is 0 Å². The van der Waals surface area contributed by atoms with Crippen molar-refractivity contribution >= 4 is 12.4 Å². The van der Waals surface area contributed by atoms with E-state index in [1.165, 1.54) is 16.7 Å². The summed E-state index contributed by atoms with van der Waals surface area (Å²) in [5.41, 5.74) is 9.99. The Balaban J connectivity index is 0.00000169. The summed E-state index contributed by atoms with van der Waals surface area (Å²) in [6.45, 7) is 6.41. The average molecular weight is 214 g/mol. The van der Waals surface area contributed by atoms with Gasteiger partial charge in [0.15, 0.2) is 0 Å². The van der Waals surface area contributed by atoms with Crippen molar-refractivity contribution in [2.45, 2.75) is 39.7 Å². The van der Waals surface area contributed by atoms with Crippen LogP contribution >= 0.6 is 12.4 Å². The van der Waals surface area contributed by atoms with E-state index in [4.69, 9.17) is 5.73 Å². The van der Waals surface area contributed by atoms with Crippen molar-refractivity contribution in [2.24, 2.45) is 5.73 Å². The first-order valence-electron chi connectivity index (χ1n) is 4.98. The van der Waals surface area contributed by atoms with Gasteiger partial charge in [0.2, 0.25) is 0 Å². The highest BCUT2D eigenvalue weighted by Gasteiger charge is 2.07. The zero-order valence-electron chi connectivity index (χ0n) is 9.21. The zero-order valence-corrected chi connectivity index (χ0v) is 10.0. The lowest BCUT2D eigenvalue weighted by molar-refractivity contribution is 0.635. The summed E-state index contributed by atoms with van der Waals surface area (Å²) in [5.74, 6) is 0. The van der Waals surface area contributed by atoms with Crippen LogP contribution in [0.25, 0.3) is 0 Å². The minimum absolute atomic E-state index is 0. The molecule has 0 heterocycles. The molecule has 0 aliphatic carbocycles. The first-order valence-corrected chi connectivity index (χ1v) is 4.98. The molecule has 14 heavy (non-hydrogen) atoms. The Bertz CT molecular complexity index is 284. The fourth-order valence-electron chi connectivity index (χ4n) is 1.63. The van der Waals surface area contributed by atoms with Crippen LogP contribution in [0.5, 0.6) is 0 Å². The molecule has 2 heteroatoms. The molecular formula is C12H20ClN. The number of benzene rings is 1. The molecular weight excluding hydrogens is 194 g/mol. The lowest BCUT2D eigenvalue weighted by Gasteiger charge is -2.14. The van der Waals surface area contributed by atoms with E-state index in [2.05, 4.69) is 39.0 Å². The third kappa shape index (κ3) is 3.32. The van der Waals surface area contributed by atoms with Crippen molar-refractivity contribution in [1.82, 2.24) is 0 Å². The molecule has 80 valence electrons. The van der Waals surface area contributed by atoms with Crippen LogP contribution in [0.4, 0.5) is 0 Å². The van der Waals surface area contributed by atoms with E-state index in [1.54, 1.807) is 0 Å². The van der Waals surface area contributed by atoms with Crippen LogP contribution in [0.1, 0.15) is 42.5 Å². The fraction of sp³-hybridized carbons (Fsp3) is 0.500. The second-order valence-corrected chi connectivity index (χ2v) is 3.76. The zero-order chi connectivity index (χ0) is 9.84. The molecule has 0 radical (unpaired) electrons. The molecule has 1 aromatic carbocycles. The van der Waals surface area contributed by atoms with Gasteiger partial charge in [-0.25, -0.2) is 0 Å². The molecule has 0 aliphatic rings. The standard InChI is InChI=1S/C12H19N.ClH/c1-4-5-12(13)11-8-9(2)6-7-10(11)3;/h6-8,12H,4-5,13H2,1-3H3;1H/t12-;/m0./s1. The summed E-state index contributed by atoms with van der Waals surface area (Å²) < 4.78 is 0. The normalized spacial score (nSPS) is 12.0. The van der Waals surface area contributed by atoms with Gasteiger partial charge in [0.1, 0.15) is 0 Å². The average Bonchev–Trinajstić information content (AvgIpc) is 2.09. The predicted octanol–water partition coefficient (Wildman–Crippen LogP) is 3.53. The Hall–Kier alpha value is -0.530. The van der Waals surface area contributed by atoms with Crippen LogP contribution < -0.4 is 5.73 Å². The Morgan fingerprint density at radius 2 is 1.93 bits per heavy atom. The molecule has 0 aliphatic heterocycles. The van der Waals surface area contributed by atoms with Crippen molar-refractivity contribution in [3.63, 3.8) is 0 Å². The van der Waals surface area contributed by atoms with Crippen LogP contribution in [-0.4, -0.2) is 0 Å². The van der Waals surface area contributed by atoms with Gasteiger partial charge in [-0.05, 0) is 31.4 Å². The van der Waals surface area contributed by atoms with Gasteiger partial charge < -0.3 is 5.73 Å². The van der Waals surface area contributed by atoms with E-state index >= 15 is 0 Å². The van der Waals surface area contributed by atoms with Gasteiger partial charge in [0, 0.05) is 6.04 Å². The number of aryl methyl sites for hydroxylation is 2. The number of halogens is 1. The quantitative estimate of drug-likeness (QED) is 0.817. The van der Waals surface area contributed by atoms with Crippen molar-refractivity contribution < 1.29 is 0 Å². The van der Waals surface area contributed by atoms with Crippen LogP contribution in [0.3, 0.4) is 0 Å². The van der Waals surface area contributed by atoms with Gasteiger partial charge in [-0.1, -0.05) is 37.1 Å². The van der Waals surface area contributed by atoms with Crippen LogP contribution in [0.15, 0.2) is 18.2 Å². The highest BCUT2D eigenvalue weighted by atomic mass is 35.5. The summed E-state index contributed by atoms with van der Waals surface area (Å²) in [6.07, 6.45) is 2.22. The van der Waals surface area contributed by atoms with Crippen LogP contribution in [0, 0.1) is 13.8 Å². The highest BCUT2D eigenvalue weighted by molar-refractivity contribution is 5.85. The number of rotatable bonds is 3. The Morgan fingerprint density at radius 1 is 1.29 bits per heavy atom. The van der Waals surface area contributed by atoms with Crippen LogP contribution in [-0.2, 0) is 0 Å². The molecule has 1 aromatic rings. The van der Waals surface area contributed by atoms with Gasteiger partial charge in [0.05, 0.1) is 0 Å². The molecule has 0 fully saturated rings. The van der Waals surface area contributed by atoms with Gasteiger partial charge in [-0.2, -0.15) is 0 Å². The van der Waals surface area contributed by atoms with Crippen molar-refractivity contribution in [2.75, 3.05) is 0 Å². The minimum atomic E-state index is 0. The molecule has 0 aromatic heterocycles. The topological polar surface area (TPSA) is 26.0 Å². The Labute approximate surface area is 93.1 Å². The summed E-state index contributed by atoms with van der Waals surface area (Å²) in [7, 11) is 0. The number of nitrogens with two attached hydrogens (primary N) is 1. The largest absolute Gasteiger partial charge is 0.324 e. The molecule has 1 rings (SSSR count). The fourth-order valence-corrected chi connectivity index (χ4v) is 1.63. The van der Waals surface area contributed by atoms with E-state index in [0.29, 0.717) is 0 Å². The van der Waals surface area contributed by atoms with E-state index in [1.807, 2.05) is 0 Å². The number of hydrogen-bond donors (Lipinski definition) is 1. The van der Waals surface area contributed by atoms with E-state index in [0.717, 1.165) is 12.8 Å². The third-order valence-electron chi connectivity index (χ3n) is 2.43. The van der Waals surface area contributed by atoms with E-state index < -0.39 is 0 Å². The molecule has 0 amide bonds. The van der Waals surface area contributed by atoms with Crippen molar-refractivity contribution in [1.29, 1.82) is 0 Å². The molecule has 2 N–H and O–H groups in total. The number of hydrogen-bond acceptors (Lipinski definition) is 1. The van der Waals surface area contributed by atoms with Gasteiger partial charge in [-0.3, -0.25) is 0 Å². The first-order chi connectivity index (χ1) is 6.15. The maximum atomic E-state index is 6.08. The maximum Gasteiger partial charge on any atom is 0.0297 e. The Morgan fingerprint density at radius 3 is 2.50 bits per heavy atom. The summed E-state index contributed by atoms with van der Waals surface area (Å²) >= 11 is 0. The SMILES string of the molecule is CCC[C@H](N)c1cc(C)ccc1C.Cl. The van der Waals surface area contributed by atoms with Crippen molar-refractivity contribution in [3.8, 4) is 0 Å². The van der Waals surface area contributed by atoms with E-state index in [-0.39, 0.29) is 18.4 Å². The third-order valence-corrected chi connectivity index (χ3v) is 2.43. The summed E-state index contributed by atoms with van der Waals surface area (Å²) in [5, 5.41) is 0. The molecule has 1 nitrogen and oxygen atoms in total. The van der Waals surface area contributed by atoms with Gasteiger partial charge in [-0.15, -0.1) is 12.4 Å². The minimum Gasteiger partial charge on any atom is -0.324 e. The monoisotopic (exact) mass is 213 g/mol. The summed E-state index contributed by atoms with van der Waals surface area (Å²) in [4.78, 5) is 0. The Kier molecular flexibility index (Phi) is 5.82. The van der Waals surface area contributed by atoms with Gasteiger partial charge >= 0.3 is 0 Å². The van der Waals surface area contributed by atoms with E-state index in [9.17, 15) is 0 Å². The lowest BCUT2D eigenvalue weighted by Crippen LogP contribution is -2.11. The predicted molar refractivity (Wildman–Crippen MR) is 65.0 cm³/mol. The summed E-state index contributed by atoms with van der Waals surface area (Å²) in [6, 6.07) is 6.71. The molecule has 0 bridgehead atoms. The second-order valence-electron chi connectivity index (χ2n) is 3.76.